The highest BCUT2D eigenvalue weighted by Gasteiger charge is 2.27. The summed E-state index contributed by atoms with van der Waals surface area (Å²) in [5.41, 5.74) is -0.457. The van der Waals surface area contributed by atoms with E-state index in [1.807, 2.05) is 20.8 Å². The Bertz CT molecular complexity index is 310. The van der Waals surface area contributed by atoms with Crippen molar-refractivity contribution in [2.75, 3.05) is 19.6 Å². The van der Waals surface area contributed by atoms with Gasteiger partial charge in [0, 0.05) is 26.6 Å². The SMILES string of the molecule is CC(=O)NC[C@@H]1CCCN(C(=O)OC(C)(C)C)C1. The molecule has 104 valence electrons. The van der Waals surface area contributed by atoms with E-state index in [0.29, 0.717) is 19.0 Å². The van der Waals surface area contributed by atoms with Crippen LogP contribution < -0.4 is 5.32 Å². The summed E-state index contributed by atoms with van der Waals surface area (Å²) in [7, 11) is 0. The summed E-state index contributed by atoms with van der Waals surface area (Å²) < 4.78 is 5.35. The summed E-state index contributed by atoms with van der Waals surface area (Å²) in [5, 5.41) is 2.81. The summed E-state index contributed by atoms with van der Waals surface area (Å²) in [5.74, 6) is 0.305. The predicted octanol–water partition coefficient (Wildman–Crippen LogP) is 1.77. The number of carbonyl (C=O) groups excluding carboxylic acids is 2. The van der Waals surface area contributed by atoms with Gasteiger partial charge in [0.1, 0.15) is 5.60 Å². The molecule has 1 aliphatic rings. The summed E-state index contributed by atoms with van der Waals surface area (Å²) in [6.07, 6.45) is 1.75. The Balaban J connectivity index is 2.43. The van der Waals surface area contributed by atoms with Crippen LogP contribution in [0.1, 0.15) is 40.5 Å². The molecule has 2 amide bonds. The smallest absolute Gasteiger partial charge is 0.410 e. The van der Waals surface area contributed by atoms with Gasteiger partial charge in [0.2, 0.25) is 5.91 Å². The first-order valence-corrected chi connectivity index (χ1v) is 6.50. The van der Waals surface area contributed by atoms with Crippen LogP contribution in [0.3, 0.4) is 0 Å². The minimum absolute atomic E-state index is 0.0237. The Morgan fingerprint density at radius 3 is 2.61 bits per heavy atom. The molecule has 0 spiro atoms. The normalized spacial score (nSPS) is 20.4. The average Bonchev–Trinajstić information content (AvgIpc) is 2.24. The lowest BCUT2D eigenvalue weighted by molar-refractivity contribution is -0.119. The molecule has 1 saturated heterocycles. The topological polar surface area (TPSA) is 58.6 Å². The number of amides is 2. The third-order valence-electron chi connectivity index (χ3n) is 2.81. The maximum atomic E-state index is 11.9. The summed E-state index contributed by atoms with van der Waals surface area (Å²) in [4.78, 5) is 24.5. The lowest BCUT2D eigenvalue weighted by Gasteiger charge is -2.34. The molecule has 0 radical (unpaired) electrons. The van der Waals surface area contributed by atoms with Crippen molar-refractivity contribution < 1.29 is 14.3 Å². The van der Waals surface area contributed by atoms with Gasteiger partial charge in [0.05, 0.1) is 0 Å². The standard InChI is InChI=1S/C13H24N2O3/c1-10(16)14-8-11-6-5-7-15(9-11)12(17)18-13(2,3)4/h11H,5-9H2,1-4H3,(H,14,16)/t11-/m0/s1. The fraction of sp³-hybridized carbons (Fsp3) is 0.846. The van der Waals surface area contributed by atoms with Crippen molar-refractivity contribution in [3.63, 3.8) is 0 Å². The lowest BCUT2D eigenvalue weighted by atomic mass is 9.98. The van der Waals surface area contributed by atoms with Crippen LogP contribution in [0, 0.1) is 5.92 Å². The Morgan fingerprint density at radius 1 is 1.39 bits per heavy atom. The van der Waals surface area contributed by atoms with Gasteiger partial charge >= 0.3 is 6.09 Å². The van der Waals surface area contributed by atoms with Gasteiger partial charge in [-0.1, -0.05) is 0 Å². The van der Waals surface area contributed by atoms with E-state index in [2.05, 4.69) is 5.32 Å². The number of ether oxygens (including phenoxy) is 1. The Hall–Kier alpha value is -1.26. The molecule has 5 nitrogen and oxygen atoms in total. The first-order valence-electron chi connectivity index (χ1n) is 6.50. The second kappa shape index (κ2) is 6.07. The Morgan fingerprint density at radius 2 is 2.06 bits per heavy atom. The van der Waals surface area contributed by atoms with E-state index in [-0.39, 0.29) is 12.0 Å². The van der Waals surface area contributed by atoms with Crippen LogP contribution in [0.15, 0.2) is 0 Å². The van der Waals surface area contributed by atoms with Crippen LogP contribution in [0.5, 0.6) is 0 Å². The lowest BCUT2D eigenvalue weighted by Crippen LogP contribution is -2.45. The van der Waals surface area contributed by atoms with E-state index in [9.17, 15) is 9.59 Å². The van der Waals surface area contributed by atoms with Gasteiger partial charge in [-0.3, -0.25) is 4.79 Å². The van der Waals surface area contributed by atoms with E-state index in [0.717, 1.165) is 19.4 Å². The first-order chi connectivity index (χ1) is 8.28. The second-order valence-corrected chi connectivity index (χ2v) is 5.87. The van der Waals surface area contributed by atoms with Crippen LogP contribution in [0.25, 0.3) is 0 Å². The van der Waals surface area contributed by atoms with Gasteiger partial charge < -0.3 is 15.0 Å². The molecule has 0 saturated carbocycles. The van der Waals surface area contributed by atoms with E-state index in [4.69, 9.17) is 4.74 Å². The highest BCUT2D eigenvalue weighted by atomic mass is 16.6. The van der Waals surface area contributed by atoms with Crippen molar-refractivity contribution in [1.29, 1.82) is 0 Å². The maximum Gasteiger partial charge on any atom is 0.410 e. The van der Waals surface area contributed by atoms with Gasteiger partial charge in [-0.25, -0.2) is 4.79 Å². The van der Waals surface area contributed by atoms with E-state index in [1.165, 1.54) is 6.92 Å². The monoisotopic (exact) mass is 256 g/mol. The van der Waals surface area contributed by atoms with Crippen molar-refractivity contribution in [3.05, 3.63) is 0 Å². The largest absolute Gasteiger partial charge is 0.444 e. The molecule has 1 aliphatic heterocycles. The molecule has 0 aliphatic carbocycles. The molecule has 1 atom stereocenters. The summed E-state index contributed by atoms with van der Waals surface area (Å²) in [6.45, 7) is 9.14. The van der Waals surface area contributed by atoms with Gasteiger partial charge in [0.25, 0.3) is 0 Å². The molecule has 0 aromatic heterocycles. The predicted molar refractivity (Wildman–Crippen MR) is 69.2 cm³/mol. The van der Waals surface area contributed by atoms with Crippen molar-refractivity contribution >= 4 is 12.0 Å². The molecular formula is C13H24N2O3. The molecule has 5 heteroatoms. The third kappa shape index (κ3) is 5.38. The van der Waals surface area contributed by atoms with Gasteiger partial charge in [-0.05, 0) is 39.5 Å². The second-order valence-electron chi connectivity index (χ2n) is 5.87. The molecule has 1 N–H and O–H groups in total. The number of likely N-dealkylation sites (tertiary alicyclic amines) is 1. The van der Waals surface area contributed by atoms with E-state index >= 15 is 0 Å². The number of hydrogen-bond donors (Lipinski definition) is 1. The molecular weight excluding hydrogens is 232 g/mol. The summed E-state index contributed by atoms with van der Waals surface area (Å²) >= 11 is 0. The van der Waals surface area contributed by atoms with Crippen molar-refractivity contribution in [1.82, 2.24) is 10.2 Å². The zero-order valence-electron chi connectivity index (χ0n) is 11.8. The van der Waals surface area contributed by atoms with Crippen LogP contribution >= 0.6 is 0 Å². The van der Waals surface area contributed by atoms with E-state index in [1.54, 1.807) is 4.90 Å². The molecule has 1 rings (SSSR count). The van der Waals surface area contributed by atoms with Crippen molar-refractivity contribution in [2.45, 2.75) is 46.1 Å². The number of nitrogens with zero attached hydrogens (tertiary/aromatic N) is 1. The Labute approximate surface area is 109 Å². The zero-order valence-corrected chi connectivity index (χ0v) is 11.8. The van der Waals surface area contributed by atoms with Crippen LogP contribution in [-0.2, 0) is 9.53 Å². The summed E-state index contributed by atoms with van der Waals surface area (Å²) in [6, 6.07) is 0. The molecule has 18 heavy (non-hydrogen) atoms. The van der Waals surface area contributed by atoms with E-state index < -0.39 is 5.60 Å². The van der Waals surface area contributed by atoms with Gasteiger partial charge in [0.15, 0.2) is 0 Å². The maximum absolute atomic E-state index is 11.9. The minimum Gasteiger partial charge on any atom is -0.444 e. The van der Waals surface area contributed by atoms with Crippen LogP contribution in [-0.4, -0.2) is 42.1 Å². The molecule has 0 unspecified atom stereocenters. The van der Waals surface area contributed by atoms with Crippen molar-refractivity contribution in [2.24, 2.45) is 5.92 Å². The number of hydrogen-bond acceptors (Lipinski definition) is 3. The minimum atomic E-state index is -0.457. The average molecular weight is 256 g/mol. The Kier molecular flexibility index (Phi) is 4.99. The number of nitrogens with one attached hydrogen (secondary N) is 1. The molecule has 0 aromatic carbocycles. The fourth-order valence-corrected chi connectivity index (χ4v) is 2.01. The highest BCUT2D eigenvalue weighted by molar-refractivity contribution is 5.72. The number of rotatable bonds is 2. The molecule has 0 aromatic rings. The quantitative estimate of drug-likeness (QED) is 0.819. The highest BCUT2D eigenvalue weighted by Crippen LogP contribution is 2.18. The third-order valence-corrected chi connectivity index (χ3v) is 2.81. The molecule has 0 bridgehead atoms. The number of carbonyl (C=O) groups is 2. The van der Waals surface area contributed by atoms with Crippen molar-refractivity contribution in [3.8, 4) is 0 Å². The fourth-order valence-electron chi connectivity index (χ4n) is 2.01. The first kappa shape index (κ1) is 14.8. The molecule has 1 fully saturated rings. The van der Waals surface area contributed by atoms with Gasteiger partial charge in [-0.2, -0.15) is 0 Å². The van der Waals surface area contributed by atoms with Crippen LogP contribution in [0.2, 0.25) is 0 Å². The number of piperidine rings is 1. The van der Waals surface area contributed by atoms with Gasteiger partial charge in [-0.15, -0.1) is 0 Å². The molecule has 1 heterocycles. The van der Waals surface area contributed by atoms with Crippen LogP contribution in [0.4, 0.5) is 4.79 Å². The zero-order chi connectivity index (χ0) is 13.8.